The Morgan fingerprint density at radius 2 is 2.25 bits per heavy atom. The highest BCUT2D eigenvalue weighted by molar-refractivity contribution is 7.99. The van der Waals surface area contributed by atoms with Crippen LogP contribution in [-0.4, -0.2) is 27.2 Å². The number of aromatic nitrogens is 2. The number of rotatable bonds is 4. The zero-order valence-electron chi connectivity index (χ0n) is 11.6. The summed E-state index contributed by atoms with van der Waals surface area (Å²) in [7, 11) is 0. The van der Waals surface area contributed by atoms with Gasteiger partial charge in [-0.2, -0.15) is 0 Å². The molecule has 0 saturated carbocycles. The van der Waals surface area contributed by atoms with Gasteiger partial charge in [-0.3, -0.25) is 9.59 Å². The minimum Gasteiger partial charge on any atom is -0.351 e. The molecule has 0 radical (unpaired) electrons. The number of nitrogens with zero attached hydrogens (tertiary/aromatic N) is 1. The third-order valence-corrected chi connectivity index (χ3v) is 4.20. The second-order valence-electron chi connectivity index (χ2n) is 5.44. The van der Waals surface area contributed by atoms with Gasteiger partial charge in [0.2, 0.25) is 5.91 Å². The predicted octanol–water partition coefficient (Wildman–Crippen LogP) is 2.13. The molecule has 0 atom stereocenters. The topological polar surface area (TPSA) is 74.8 Å². The lowest BCUT2D eigenvalue weighted by Crippen LogP contribution is -2.41. The molecule has 108 valence electrons. The van der Waals surface area contributed by atoms with Crippen molar-refractivity contribution in [1.82, 2.24) is 15.3 Å². The quantitative estimate of drug-likeness (QED) is 0.907. The maximum Gasteiger partial charge on any atom is 0.268 e. The van der Waals surface area contributed by atoms with E-state index in [9.17, 15) is 9.59 Å². The Morgan fingerprint density at radius 3 is 2.95 bits per heavy atom. The maximum atomic E-state index is 11.8. The second-order valence-corrected chi connectivity index (χ2v) is 7.34. The van der Waals surface area contributed by atoms with Crippen molar-refractivity contribution in [1.29, 1.82) is 0 Å². The monoisotopic (exact) mass is 311 g/mol. The minimum atomic E-state index is -0.222. The highest BCUT2D eigenvalue weighted by atomic mass is 32.2. The molecule has 2 heterocycles. The van der Waals surface area contributed by atoms with E-state index in [-0.39, 0.29) is 17.0 Å². The van der Waals surface area contributed by atoms with Gasteiger partial charge in [-0.05, 0) is 32.2 Å². The molecule has 0 spiro atoms. The fourth-order valence-electron chi connectivity index (χ4n) is 1.68. The summed E-state index contributed by atoms with van der Waals surface area (Å²) in [5.74, 6) is 1.46. The molecule has 0 aromatic carbocycles. The molecule has 0 saturated heterocycles. The molecule has 0 bridgehead atoms. The number of hydrogen-bond acceptors (Lipinski definition) is 5. The van der Waals surface area contributed by atoms with E-state index in [0.717, 1.165) is 0 Å². The van der Waals surface area contributed by atoms with Crippen LogP contribution in [0.2, 0.25) is 0 Å². The Bertz CT molecular complexity index is 670. The second kappa shape index (κ2) is 5.97. The number of H-pyrrole nitrogens is 1. The summed E-state index contributed by atoms with van der Waals surface area (Å²) in [5.41, 5.74) is 0.382. The fourth-order valence-corrected chi connectivity index (χ4v) is 3.10. The Morgan fingerprint density at radius 1 is 1.50 bits per heavy atom. The molecule has 20 heavy (non-hydrogen) atoms. The van der Waals surface area contributed by atoms with Crippen LogP contribution < -0.4 is 10.9 Å². The van der Waals surface area contributed by atoms with E-state index < -0.39 is 0 Å². The van der Waals surface area contributed by atoms with Crippen molar-refractivity contribution in [3.05, 3.63) is 27.6 Å². The number of hydrogen-bond donors (Lipinski definition) is 2. The van der Waals surface area contributed by atoms with Crippen LogP contribution in [0.25, 0.3) is 10.2 Å². The summed E-state index contributed by atoms with van der Waals surface area (Å²) in [5, 5.41) is 4.74. The molecule has 2 aromatic heterocycles. The third kappa shape index (κ3) is 4.08. The van der Waals surface area contributed by atoms with Gasteiger partial charge in [0.1, 0.15) is 10.5 Å². The van der Waals surface area contributed by atoms with Crippen molar-refractivity contribution in [2.75, 3.05) is 5.75 Å². The SMILES string of the molecule is CC(C)(C)NC(=O)CSCc1nc2ccsc2c(=O)[nH]1. The molecule has 0 aliphatic carbocycles. The predicted molar refractivity (Wildman–Crippen MR) is 84.3 cm³/mol. The first kappa shape index (κ1) is 15.1. The first-order valence-corrected chi connectivity index (χ1v) is 8.24. The normalized spacial score (nSPS) is 11.8. The van der Waals surface area contributed by atoms with Crippen LogP contribution in [0.1, 0.15) is 26.6 Å². The van der Waals surface area contributed by atoms with Crippen molar-refractivity contribution >= 4 is 39.2 Å². The summed E-state index contributed by atoms with van der Waals surface area (Å²) >= 11 is 2.81. The van der Waals surface area contributed by atoms with E-state index in [1.54, 1.807) is 0 Å². The lowest BCUT2D eigenvalue weighted by atomic mass is 10.1. The Kier molecular flexibility index (Phi) is 4.49. The highest BCUT2D eigenvalue weighted by Gasteiger charge is 2.13. The first-order chi connectivity index (χ1) is 9.35. The van der Waals surface area contributed by atoms with Crippen LogP contribution in [0.3, 0.4) is 0 Å². The zero-order valence-corrected chi connectivity index (χ0v) is 13.3. The van der Waals surface area contributed by atoms with E-state index in [4.69, 9.17) is 0 Å². The average molecular weight is 311 g/mol. The molecule has 0 unspecified atom stereocenters. The molecule has 0 aliphatic rings. The largest absolute Gasteiger partial charge is 0.351 e. The van der Waals surface area contributed by atoms with Crippen LogP contribution in [-0.2, 0) is 10.5 Å². The van der Waals surface area contributed by atoms with Crippen molar-refractivity contribution < 1.29 is 4.79 Å². The van der Waals surface area contributed by atoms with Gasteiger partial charge in [0.05, 0.1) is 17.0 Å². The zero-order chi connectivity index (χ0) is 14.8. The number of carbonyl (C=O) groups is 1. The summed E-state index contributed by atoms with van der Waals surface area (Å²) in [4.78, 5) is 30.6. The standard InChI is InChI=1S/C13H17N3O2S2/c1-13(2,3)16-10(17)7-19-6-9-14-8-4-5-20-11(8)12(18)15-9/h4-5H,6-7H2,1-3H3,(H,16,17)(H,14,15,18). The van der Waals surface area contributed by atoms with Gasteiger partial charge >= 0.3 is 0 Å². The molecular formula is C13H17N3O2S2. The third-order valence-electron chi connectivity index (χ3n) is 2.35. The number of fused-ring (bicyclic) bond motifs is 1. The maximum absolute atomic E-state index is 11.8. The van der Waals surface area contributed by atoms with E-state index in [0.29, 0.717) is 27.5 Å². The van der Waals surface area contributed by atoms with Gasteiger partial charge in [0, 0.05) is 5.54 Å². The number of carbonyl (C=O) groups excluding carboxylic acids is 1. The fraction of sp³-hybridized carbons (Fsp3) is 0.462. The van der Waals surface area contributed by atoms with Crippen molar-refractivity contribution in [2.24, 2.45) is 0 Å². The Labute approximate surface area is 125 Å². The Balaban J connectivity index is 1.93. The van der Waals surface area contributed by atoms with E-state index in [2.05, 4.69) is 15.3 Å². The smallest absolute Gasteiger partial charge is 0.268 e. The van der Waals surface area contributed by atoms with Crippen LogP contribution in [0.15, 0.2) is 16.2 Å². The molecule has 2 N–H and O–H groups in total. The first-order valence-electron chi connectivity index (χ1n) is 6.20. The molecule has 5 nitrogen and oxygen atoms in total. The number of amides is 1. The summed E-state index contributed by atoms with van der Waals surface area (Å²) in [6, 6.07) is 1.83. The van der Waals surface area contributed by atoms with E-state index >= 15 is 0 Å². The van der Waals surface area contributed by atoms with Crippen LogP contribution in [0, 0.1) is 0 Å². The van der Waals surface area contributed by atoms with Crippen molar-refractivity contribution in [3.63, 3.8) is 0 Å². The summed E-state index contributed by atoms with van der Waals surface area (Å²) in [6.45, 7) is 5.83. The van der Waals surface area contributed by atoms with Gasteiger partial charge in [0.15, 0.2) is 0 Å². The average Bonchev–Trinajstić information content (AvgIpc) is 2.75. The number of thiophene rings is 1. The molecule has 0 fully saturated rings. The van der Waals surface area contributed by atoms with Crippen LogP contribution >= 0.6 is 23.1 Å². The van der Waals surface area contributed by atoms with Gasteiger partial charge < -0.3 is 10.3 Å². The molecule has 1 amide bonds. The molecule has 7 heteroatoms. The summed E-state index contributed by atoms with van der Waals surface area (Å²) in [6.07, 6.45) is 0. The van der Waals surface area contributed by atoms with Gasteiger partial charge in [0.25, 0.3) is 5.56 Å². The van der Waals surface area contributed by atoms with E-state index in [1.165, 1.54) is 23.1 Å². The molecular weight excluding hydrogens is 294 g/mol. The minimum absolute atomic E-state index is 0.0125. The van der Waals surface area contributed by atoms with Crippen molar-refractivity contribution in [2.45, 2.75) is 32.1 Å². The molecule has 2 rings (SSSR count). The van der Waals surface area contributed by atoms with Gasteiger partial charge in [-0.25, -0.2) is 4.98 Å². The highest BCUT2D eigenvalue weighted by Crippen LogP contribution is 2.15. The van der Waals surface area contributed by atoms with Crippen molar-refractivity contribution in [3.8, 4) is 0 Å². The van der Waals surface area contributed by atoms with Gasteiger partial charge in [-0.1, -0.05) is 0 Å². The lowest BCUT2D eigenvalue weighted by Gasteiger charge is -2.20. The van der Waals surface area contributed by atoms with Crippen LogP contribution in [0.5, 0.6) is 0 Å². The Hall–Kier alpha value is -1.34. The van der Waals surface area contributed by atoms with Crippen LogP contribution in [0.4, 0.5) is 0 Å². The number of nitrogens with one attached hydrogen (secondary N) is 2. The summed E-state index contributed by atoms with van der Waals surface area (Å²) < 4.78 is 0.643. The molecule has 0 aliphatic heterocycles. The number of thioether (sulfide) groups is 1. The molecule has 2 aromatic rings. The number of aromatic amines is 1. The lowest BCUT2D eigenvalue weighted by molar-refractivity contribution is -0.119. The van der Waals surface area contributed by atoms with Gasteiger partial charge in [-0.15, -0.1) is 23.1 Å². The van der Waals surface area contributed by atoms with E-state index in [1.807, 2.05) is 32.2 Å².